The summed E-state index contributed by atoms with van der Waals surface area (Å²) in [5.74, 6) is 0.149. The van der Waals surface area contributed by atoms with E-state index in [1.54, 1.807) is 49.6 Å². The van der Waals surface area contributed by atoms with Crippen LogP contribution in [0.1, 0.15) is 12.5 Å². The molecule has 0 spiro atoms. The van der Waals surface area contributed by atoms with Crippen molar-refractivity contribution in [3.8, 4) is 11.5 Å². The molecule has 6 nitrogen and oxygen atoms in total. The molecule has 0 saturated heterocycles. The van der Waals surface area contributed by atoms with E-state index >= 15 is 0 Å². The average Bonchev–Trinajstić information content (AvgIpc) is 2.66. The molecule has 0 bridgehead atoms. The van der Waals surface area contributed by atoms with Crippen LogP contribution < -0.4 is 14.8 Å². The number of esters is 1. The van der Waals surface area contributed by atoms with E-state index in [0.717, 1.165) is 5.56 Å². The minimum atomic E-state index is -0.956. The molecule has 136 valence electrons. The van der Waals surface area contributed by atoms with Crippen LogP contribution in [0.5, 0.6) is 11.5 Å². The zero-order valence-electron chi connectivity index (χ0n) is 14.9. The van der Waals surface area contributed by atoms with E-state index in [0.29, 0.717) is 17.2 Å². The fourth-order valence-electron chi connectivity index (χ4n) is 2.16. The van der Waals surface area contributed by atoms with Crippen molar-refractivity contribution in [2.45, 2.75) is 13.0 Å². The van der Waals surface area contributed by atoms with Crippen LogP contribution in [0.25, 0.3) is 6.08 Å². The maximum absolute atomic E-state index is 12.2. The second kappa shape index (κ2) is 9.27. The van der Waals surface area contributed by atoms with Crippen molar-refractivity contribution in [2.24, 2.45) is 0 Å². The molecule has 6 heteroatoms. The predicted octanol–water partition coefficient (Wildman–Crippen LogP) is 3.29. The largest absolute Gasteiger partial charge is 0.497 e. The molecule has 0 heterocycles. The first kappa shape index (κ1) is 19.1. The van der Waals surface area contributed by atoms with Crippen LogP contribution in [0.15, 0.2) is 54.6 Å². The Morgan fingerprint density at radius 2 is 1.81 bits per heavy atom. The standard InChI is InChI=1S/C20H21NO5/c1-14(20(23)21-17-9-4-5-10-18(17)25-3)26-19(22)12-11-15-7-6-8-16(13-15)24-2/h4-14H,1-3H3,(H,21,23)/b12-11+/t14-/m0/s1. The lowest BCUT2D eigenvalue weighted by Gasteiger charge is -2.14. The highest BCUT2D eigenvalue weighted by molar-refractivity contribution is 5.97. The third kappa shape index (κ3) is 5.37. The highest BCUT2D eigenvalue weighted by atomic mass is 16.5. The fourth-order valence-corrected chi connectivity index (χ4v) is 2.16. The van der Waals surface area contributed by atoms with E-state index in [2.05, 4.69) is 5.32 Å². The van der Waals surface area contributed by atoms with Crippen LogP contribution >= 0.6 is 0 Å². The Morgan fingerprint density at radius 3 is 2.54 bits per heavy atom. The number of carbonyl (C=O) groups is 2. The van der Waals surface area contributed by atoms with Crippen molar-refractivity contribution < 1.29 is 23.8 Å². The van der Waals surface area contributed by atoms with Crippen LogP contribution in [0.3, 0.4) is 0 Å². The van der Waals surface area contributed by atoms with Gasteiger partial charge in [-0.05, 0) is 42.8 Å². The Kier molecular flexibility index (Phi) is 6.79. The molecule has 2 aromatic carbocycles. The number of anilines is 1. The SMILES string of the molecule is COc1cccc(/C=C/C(=O)O[C@@H](C)C(=O)Nc2ccccc2OC)c1. The Morgan fingerprint density at radius 1 is 1.04 bits per heavy atom. The molecule has 2 rings (SSSR count). The van der Waals surface area contributed by atoms with Crippen molar-refractivity contribution >= 4 is 23.6 Å². The summed E-state index contributed by atoms with van der Waals surface area (Å²) in [4.78, 5) is 24.1. The maximum Gasteiger partial charge on any atom is 0.331 e. The maximum atomic E-state index is 12.2. The molecule has 0 aromatic heterocycles. The molecule has 26 heavy (non-hydrogen) atoms. The normalized spacial score (nSPS) is 11.7. The summed E-state index contributed by atoms with van der Waals surface area (Å²) in [5, 5.41) is 2.67. The molecule has 0 aliphatic rings. The van der Waals surface area contributed by atoms with E-state index in [9.17, 15) is 9.59 Å². The Balaban J connectivity index is 1.93. The molecule has 0 saturated carbocycles. The number of carbonyl (C=O) groups excluding carboxylic acids is 2. The first-order chi connectivity index (χ1) is 12.5. The lowest BCUT2D eigenvalue weighted by Crippen LogP contribution is -2.29. The van der Waals surface area contributed by atoms with Gasteiger partial charge in [-0.1, -0.05) is 24.3 Å². The summed E-state index contributed by atoms with van der Waals surface area (Å²) in [7, 11) is 3.08. The zero-order chi connectivity index (χ0) is 18.9. The van der Waals surface area contributed by atoms with E-state index in [1.165, 1.54) is 20.1 Å². The second-order valence-electron chi connectivity index (χ2n) is 5.38. The van der Waals surface area contributed by atoms with Crippen LogP contribution in [0, 0.1) is 0 Å². The molecular weight excluding hydrogens is 334 g/mol. The number of amides is 1. The Hall–Kier alpha value is -3.28. The minimum Gasteiger partial charge on any atom is -0.497 e. The lowest BCUT2D eigenvalue weighted by molar-refractivity contribution is -0.148. The second-order valence-corrected chi connectivity index (χ2v) is 5.38. The monoisotopic (exact) mass is 355 g/mol. The van der Waals surface area contributed by atoms with Gasteiger partial charge in [0.25, 0.3) is 5.91 Å². The van der Waals surface area contributed by atoms with E-state index < -0.39 is 18.0 Å². The molecule has 0 radical (unpaired) electrons. The first-order valence-electron chi connectivity index (χ1n) is 8.00. The van der Waals surface area contributed by atoms with Crippen molar-refractivity contribution in [1.29, 1.82) is 0 Å². The fraction of sp³-hybridized carbons (Fsp3) is 0.200. The van der Waals surface area contributed by atoms with Gasteiger partial charge >= 0.3 is 5.97 Å². The quantitative estimate of drug-likeness (QED) is 0.609. The van der Waals surface area contributed by atoms with E-state index in [-0.39, 0.29) is 0 Å². The highest BCUT2D eigenvalue weighted by Gasteiger charge is 2.18. The van der Waals surface area contributed by atoms with Gasteiger partial charge in [0.05, 0.1) is 19.9 Å². The van der Waals surface area contributed by atoms with Gasteiger partial charge in [0, 0.05) is 6.08 Å². The highest BCUT2D eigenvalue weighted by Crippen LogP contribution is 2.23. The zero-order valence-corrected chi connectivity index (χ0v) is 14.9. The van der Waals surface area contributed by atoms with E-state index in [4.69, 9.17) is 14.2 Å². The van der Waals surface area contributed by atoms with Gasteiger partial charge in [-0.2, -0.15) is 0 Å². The summed E-state index contributed by atoms with van der Waals surface area (Å²) in [5.41, 5.74) is 1.29. The van der Waals surface area contributed by atoms with Crippen LogP contribution in [0.4, 0.5) is 5.69 Å². The predicted molar refractivity (Wildman–Crippen MR) is 99.2 cm³/mol. The van der Waals surface area contributed by atoms with Gasteiger partial charge in [0.2, 0.25) is 0 Å². The Labute approximate surface area is 152 Å². The first-order valence-corrected chi connectivity index (χ1v) is 8.00. The van der Waals surface area contributed by atoms with E-state index in [1.807, 2.05) is 12.1 Å². The number of benzene rings is 2. The van der Waals surface area contributed by atoms with Crippen molar-refractivity contribution in [3.63, 3.8) is 0 Å². The third-order valence-electron chi connectivity index (χ3n) is 3.53. The van der Waals surface area contributed by atoms with Gasteiger partial charge < -0.3 is 19.5 Å². The third-order valence-corrected chi connectivity index (χ3v) is 3.53. The molecule has 1 N–H and O–H groups in total. The number of rotatable bonds is 7. The summed E-state index contributed by atoms with van der Waals surface area (Å²) >= 11 is 0. The number of hydrogen-bond acceptors (Lipinski definition) is 5. The average molecular weight is 355 g/mol. The van der Waals surface area contributed by atoms with Crippen molar-refractivity contribution in [2.75, 3.05) is 19.5 Å². The summed E-state index contributed by atoms with van der Waals surface area (Å²) in [6, 6.07) is 14.2. The molecule has 0 aliphatic heterocycles. The molecular formula is C20H21NO5. The number of para-hydroxylation sites is 2. The Bertz CT molecular complexity index is 800. The van der Waals surface area contributed by atoms with Crippen molar-refractivity contribution in [1.82, 2.24) is 0 Å². The topological polar surface area (TPSA) is 73.9 Å². The van der Waals surface area contributed by atoms with Crippen LogP contribution in [0.2, 0.25) is 0 Å². The minimum absolute atomic E-state index is 0.447. The number of hydrogen-bond donors (Lipinski definition) is 1. The molecule has 0 aliphatic carbocycles. The van der Waals surface area contributed by atoms with Gasteiger partial charge in [0.15, 0.2) is 6.10 Å². The molecule has 0 fully saturated rings. The van der Waals surface area contributed by atoms with Crippen LogP contribution in [-0.4, -0.2) is 32.2 Å². The van der Waals surface area contributed by atoms with Crippen molar-refractivity contribution in [3.05, 3.63) is 60.2 Å². The van der Waals surface area contributed by atoms with Gasteiger partial charge in [-0.25, -0.2) is 4.79 Å². The summed E-state index contributed by atoms with van der Waals surface area (Å²) < 4.78 is 15.4. The number of ether oxygens (including phenoxy) is 3. The molecule has 1 amide bonds. The molecule has 1 atom stereocenters. The lowest BCUT2D eigenvalue weighted by atomic mass is 10.2. The summed E-state index contributed by atoms with van der Waals surface area (Å²) in [6.45, 7) is 1.50. The van der Waals surface area contributed by atoms with Gasteiger partial charge in [-0.3, -0.25) is 4.79 Å². The van der Waals surface area contributed by atoms with Gasteiger partial charge in [-0.15, -0.1) is 0 Å². The number of nitrogens with one attached hydrogen (secondary N) is 1. The summed E-state index contributed by atoms with van der Waals surface area (Å²) in [6.07, 6.45) is 1.90. The number of methoxy groups -OCH3 is 2. The molecule has 0 unspecified atom stereocenters. The smallest absolute Gasteiger partial charge is 0.331 e. The molecule has 2 aromatic rings. The van der Waals surface area contributed by atoms with Gasteiger partial charge in [0.1, 0.15) is 11.5 Å². The van der Waals surface area contributed by atoms with Crippen LogP contribution in [-0.2, 0) is 14.3 Å².